The fourth-order valence-electron chi connectivity index (χ4n) is 4.02. The first kappa shape index (κ1) is 22.6. The van der Waals surface area contributed by atoms with E-state index < -0.39 is 0 Å². The molecule has 0 aliphatic carbocycles. The van der Waals surface area contributed by atoms with Crippen molar-refractivity contribution in [3.8, 4) is 16.4 Å². The van der Waals surface area contributed by atoms with Crippen molar-refractivity contribution in [3.05, 3.63) is 81.8 Å². The van der Waals surface area contributed by atoms with Gasteiger partial charge in [0.05, 0.1) is 17.4 Å². The number of anilines is 1. The molecule has 10 heteroatoms. The van der Waals surface area contributed by atoms with Crippen LogP contribution in [0.4, 0.5) is 5.82 Å². The summed E-state index contributed by atoms with van der Waals surface area (Å²) >= 11 is 1.48. The average molecular weight is 486 g/mol. The Hall–Kier alpha value is -4.18. The zero-order valence-corrected chi connectivity index (χ0v) is 20.6. The molecular formula is C25H23N7O2S. The first-order valence-corrected chi connectivity index (χ1v) is 11.8. The topological polar surface area (TPSA) is 108 Å². The first-order chi connectivity index (χ1) is 16.8. The van der Waals surface area contributed by atoms with Gasteiger partial charge in [0.1, 0.15) is 17.2 Å². The van der Waals surface area contributed by atoms with Crippen LogP contribution >= 0.6 is 11.3 Å². The van der Waals surface area contributed by atoms with E-state index in [0.717, 1.165) is 27.4 Å². The Morgan fingerprint density at radius 2 is 1.71 bits per heavy atom. The minimum Gasteiger partial charge on any atom is -0.309 e. The Bertz CT molecular complexity index is 1610. The minimum absolute atomic E-state index is 0.185. The van der Waals surface area contributed by atoms with Crippen LogP contribution in [0.2, 0.25) is 0 Å². The number of fused-ring (bicyclic) bond motifs is 1. The van der Waals surface area contributed by atoms with Gasteiger partial charge in [0.2, 0.25) is 5.91 Å². The molecule has 0 spiro atoms. The monoisotopic (exact) mass is 485 g/mol. The SMILES string of the molecule is Cc1cc(C)nc(-n2nc(C)cc2NC(=O)Cn2cnc3sc(-c4ccccc4)c(C)c3c2=O)n1. The number of thiophene rings is 1. The zero-order chi connectivity index (χ0) is 24.7. The van der Waals surface area contributed by atoms with Crippen LogP contribution in [-0.2, 0) is 11.3 Å². The van der Waals surface area contributed by atoms with Crippen molar-refractivity contribution in [1.82, 2.24) is 29.3 Å². The molecule has 0 aliphatic heterocycles. The molecule has 5 aromatic rings. The highest BCUT2D eigenvalue weighted by molar-refractivity contribution is 7.22. The molecule has 4 aromatic heterocycles. The largest absolute Gasteiger partial charge is 0.309 e. The lowest BCUT2D eigenvalue weighted by Crippen LogP contribution is -2.28. The molecule has 0 saturated carbocycles. The van der Waals surface area contributed by atoms with Crippen molar-refractivity contribution < 1.29 is 4.79 Å². The quantitative estimate of drug-likeness (QED) is 0.404. The van der Waals surface area contributed by atoms with Crippen LogP contribution in [0, 0.1) is 27.7 Å². The summed E-state index contributed by atoms with van der Waals surface area (Å²) in [7, 11) is 0. The number of carbonyl (C=O) groups is 1. The molecule has 0 radical (unpaired) electrons. The molecule has 0 atom stereocenters. The maximum Gasteiger partial charge on any atom is 0.262 e. The highest BCUT2D eigenvalue weighted by Crippen LogP contribution is 2.35. The second-order valence-corrected chi connectivity index (χ2v) is 9.36. The molecule has 0 unspecified atom stereocenters. The third-order valence-electron chi connectivity index (χ3n) is 5.53. The van der Waals surface area contributed by atoms with Gasteiger partial charge >= 0.3 is 0 Å². The Morgan fingerprint density at radius 3 is 2.43 bits per heavy atom. The summed E-state index contributed by atoms with van der Waals surface area (Å²) in [4.78, 5) is 41.2. The number of aryl methyl sites for hydroxylation is 4. The van der Waals surface area contributed by atoms with E-state index in [4.69, 9.17) is 0 Å². The van der Waals surface area contributed by atoms with Crippen LogP contribution in [0.25, 0.3) is 26.6 Å². The zero-order valence-electron chi connectivity index (χ0n) is 19.7. The van der Waals surface area contributed by atoms with Crippen molar-refractivity contribution in [1.29, 1.82) is 0 Å². The van der Waals surface area contributed by atoms with Crippen LogP contribution in [-0.4, -0.2) is 35.2 Å². The lowest BCUT2D eigenvalue weighted by atomic mass is 10.1. The maximum atomic E-state index is 13.3. The third-order valence-corrected chi connectivity index (χ3v) is 6.78. The Labute approximate surface area is 205 Å². The fraction of sp³-hybridized carbons (Fsp3) is 0.200. The van der Waals surface area contributed by atoms with Crippen LogP contribution in [0.1, 0.15) is 22.6 Å². The number of nitrogens with zero attached hydrogens (tertiary/aromatic N) is 6. The van der Waals surface area contributed by atoms with Gasteiger partial charge in [-0.25, -0.2) is 15.0 Å². The summed E-state index contributed by atoms with van der Waals surface area (Å²) in [6, 6.07) is 13.5. The van der Waals surface area contributed by atoms with Gasteiger partial charge in [-0.3, -0.25) is 14.2 Å². The van der Waals surface area contributed by atoms with E-state index in [1.165, 1.54) is 26.9 Å². The molecule has 9 nitrogen and oxygen atoms in total. The van der Waals surface area contributed by atoms with Crippen molar-refractivity contribution >= 4 is 33.3 Å². The molecule has 1 amide bonds. The van der Waals surface area contributed by atoms with Crippen LogP contribution < -0.4 is 10.9 Å². The first-order valence-electron chi connectivity index (χ1n) is 11.0. The summed E-state index contributed by atoms with van der Waals surface area (Å²) in [5.74, 6) is 0.418. The number of amides is 1. The van der Waals surface area contributed by atoms with E-state index >= 15 is 0 Å². The number of carbonyl (C=O) groups excluding carboxylic acids is 1. The van der Waals surface area contributed by atoms with Crippen molar-refractivity contribution in [2.45, 2.75) is 34.2 Å². The Balaban J connectivity index is 1.44. The molecule has 5 rings (SSSR count). The van der Waals surface area contributed by atoms with Gasteiger partial charge in [0.25, 0.3) is 11.5 Å². The number of rotatable bonds is 5. The van der Waals surface area contributed by atoms with Crippen molar-refractivity contribution in [2.75, 3.05) is 5.32 Å². The predicted molar refractivity (Wildman–Crippen MR) is 136 cm³/mol. The highest BCUT2D eigenvalue weighted by atomic mass is 32.1. The van der Waals surface area contributed by atoms with E-state index in [2.05, 4.69) is 25.4 Å². The van der Waals surface area contributed by atoms with Crippen LogP contribution in [0.5, 0.6) is 0 Å². The summed E-state index contributed by atoms with van der Waals surface area (Å²) in [6.45, 7) is 7.30. The molecule has 0 bridgehead atoms. The standard InChI is InChI=1S/C25H23N7O2S/c1-14-10-15(2)28-25(27-14)32-19(11-16(3)30-32)29-20(33)12-31-13-26-23-21(24(31)34)17(4)22(35-23)18-8-6-5-7-9-18/h5-11,13H,12H2,1-4H3,(H,29,33). The Kier molecular flexibility index (Phi) is 5.73. The summed E-state index contributed by atoms with van der Waals surface area (Å²) in [5.41, 5.74) is 3.95. The second-order valence-electron chi connectivity index (χ2n) is 8.36. The molecule has 0 aliphatic rings. The van der Waals surface area contributed by atoms with Gasteiger partial charge in [0.15, 0.2) is 0 Å². The maximum absolute atomic E-state index is 13.3. The van der Waals surface area contributed by atoms with E-state index in [9.17, 15) is 9.59 Å². The summed E-state index contributed by atoms with van der Waals surface area (Å²) < 4.78 is 2.82. The summed E-state index contributed by atoms with van der Waals surface area (Å²) in [6.07, 6.45) is 1.42. The van der Waals surface area contributed by atoms with Gasteiger partial charge in [-0.05, 0) is 44.9 Å². The number of hydrogen-bond acceptors (Lipinski definition) is 7. The molecular weight excluding hydrogens is 462 g/mol. The minimum atomic E-state index is -0.380. The molecule has 1 N–H and O–H groups in total. The van der Waals surface area contributed by atoms with Gasteiger partial charge < -0.3 is 5.32 Å². The number of nitrogens with one attached hydrogen (secondary N) is 1. The number of benzene rings is 1. The van der Waals surface area contributed by atoms with E-state index in [1.807, 2.05) is 64.1 Å². The number of hydrogen-bond donors (Lipinski definition) is 1. The third kappa shape index (κ3) is 4.35. The van der Waals surface area contributed by atoms with Gasteiger partial charge in [0, 0.05) is 22.3 Å². The number of aromatic nitrogens is 6. The lowest BCUT2D eigenvalue weighted by Gasteiger charge is -2.10. The van der Waals surface area contributed by atoms with E-state index in [1.54, 1.807) is 6.07 Å². The molecule has 4 heterocycles. The van der Waals surface area contributed by atoms with Crippen molar-refractivity contribution in [3.63, 3.8) is 0 Å². The van der Waals surface area contributed by atoms with E-state index in [-0.39, 0.29) is 18.0 Å². The van der Waals surface area contributed by atoms with Crippen LogP contribution in [0.3, 0.4) is 0 Å². The molecule has 176 valence electrons. The predicted octanol–water partition coefficient (Wildman–Crippen LogP) is 3.97. The van der Waals surface area contributed by atoms with Gasteiger partial charge in [-0.1, -0.05) is 30.3 Å². The highest BCUT2D eigenvalue weighted by Gasteiger charge is 2.18. The Morgan fingerprint density at radius 1 is 1.00 bits per heavy atom. The molecule has 0 fully saturated rings. The van der Waals surface area contributed by atoms with Gasteiger partial charge in [-0.15, -0.1) is 11.3 Å². The molecule has 35 heavy (non-hydrogen) atoms. The van der Waals surface area contributed by atoms with Crippen LogP contribution in [0.15, 0.2) is 53.6 Å². The van der Waals surface area contributed by atoms with Gasteiger partial charge in [-0.2, -0.15) is 9.78 Å². The smallest absolute Gasteiger partial charge is 0.262 e. The lowest BCUT2D eigenvalue weighted by molar-refractivity contribution is -0.116. The normalized spacial score (nSPS) is 11.2. The second kappa shape index (κ2) is 8.88. The van der Waals surface area contributed by atoms with E-state index in [0.29, 0.717) is 27.7 Å². The molecule has 0 saturated heterocycles. The molecule has 1 aromatic carbocycles. The fourth-order valence-corrected chi connectivity index (χ4v) is 5.16. The van der Waals surface area contributed by atoms with Crippen molar-refractivity contribution in [2.24, 2.45) is 0 Å². The average Bonchev–Trinajstić information content (AvgIpc) is 3.35. The summed E-state index contributed by atoms with van der Waals surface area (Å²) in [5, 5.41) is 7.79.